The smallest absolute Gasteiger partial charge is 0.123 e. The molecule has 0 bridgehead atoms. The molecule has 2 heteroatoms. The number of phenols is 2. The van der Waals surface area contributed by atoms with Gasteiger partial charge in [0.05, 0.1) is 0 Å². The Morgan fingerprint density at radius 2 is 1.71 bits per heavy atom. The Kier molecular flexibility index (Phi) is 8.67. The zero-order valence-corrected chi connectivity index (χ0v) is 15.9. The van der Waals surface area contributed by atoms with Gasteiger partial charge in [0.25, 0.3) is 0 Å². The Balaban J connectivity index is 3.13. The van der Waals surface area contributed by atoms with E-state index in [0.717, 1.165) is 49.7 Å². The second-order valence-electron chi connectivity index (χ2n) is 7.04. The first-order valence-corrected chi connectivity index (χ1v) is 9.25. The summed E-state index contributed by atoms with van der Waals surface area (Å²) >= 11 is 0. The summed E-state index contributed by atoms with van der Waals surface area (Å²) in [6, 6.07) is 3.64. The number of benzene rings is 1. The van der Waals surface area contributed by atoms with Crippen LogP contribution in [0.15, 0.2) is 35.9 Å². The van der Waals surface area contributed by atoms with Crippen LogP contribution >= 0.6 is 0 Å². The van der Waals surface area contributed by atoms with E-state index in [2.05, 4.69) is 33.4 Å². The van der Waals surface area contributed by atoms with Crippen LogP contribution in [0.4, 0.5) is 0 Å². The van der Waals surface area contributed by atoms with Gasteiger partial charge in [-0.25, -0.2) is 0 Å². The lowest BCUT2D eigenvalue weighted by Crippen LogP contribution is -2.00. The van der Waals surface area contributed by atoms with Crippen molar-refractivity contribution in [1.82, 2.24) is 0 Å². The molecule has 0 saturated carbocycles. The number of rotatable bonds is 10. The summed E-state index contributed by atoms with van der Waals surface area (Å²) in [5.41, 5.74) is 3.97. The van der Waals surface area contributed by atoms with Gasteiger partial charge in [-0.1, -0.05) is 50.3 Å². The SMILES string of the molecule is C=C(C)C[C@@H](/C=C(/C)CCC)c1c(O)cc(CCCCC)cc1O. The van der Waals surface area contributed by atoms with Crippen LogP contribution in [-0.2, 0) is 6.42 Å². The first-order valence-electron chi connectivity index (χ1n) is 9.25. The van der Waals surface area contributed by atoms with Crippen molar-refractivity contribution in [3.63, 3.8) is 0 Å². The van der Waals surface area contributed by atoms with Crippen LogP contribution in [0.5, 0.6) is 11.5 Å². The Bertz CT molecular complexity index is 546. The van der Waals surface area contributed by atoms with E-state index in [4.69, 9.17) is 0 Å². The van der Waals surface area contributed by atoms with Crippen molar-refractivity contribution in [3.8, 4) is 11.5 Å². The first-order chi connectivity index (χ1) is 11.4. The maximum atomic E-state index is 10.5. The standard InChI is InChI=1S/C22H34O2/c1-6-8-9-11-18-14-20(23)22(21(24)15-18)19(12-16(3)4)13-17(5)10-7-2/h13-15,19,23-24H,3,6-12H2,1-2,4-5H3/b17-13-/t19-/m0/s1. The van der Waals surface area contributed by atoms with Crippen molar-refractivity contribution in [2.45, 2.75) is 78.6 Å². The molecule has 0 aliphatic rings. The molecular formula is C22H34O2. The Morgan fingerprint density at radius 1 is 1.08 bits per heavy atom. The minimum atomic E-state index is -0.0289. The maximum absolute atomic E-state index is 10.5. The van der Waals surface area contributed by atoms with E-state index in [-0.39, 0.29) is 17.4 Å². The molecule has 1 aromatic carbocycles. The van der Waals surface area contributed by atoms with Gasteiger partial charge in [0.15, 0.2) is 0 Å². The summed E-state index contributed by atoms with van der Waals surface area (Å²) < 4.78 is 0. The topological polar surface area (TPSA) is 40.5 Å². The number of unbranched alkanes of at least 4 members (excludes halogenated alkanes) is 2. The lowest BCUT2D eigenvalue weighted by atomic mass is 9.88. The summed E-state index contributed by atoms with van der Waals surface area (Å²) in [4.78, 5) is 0. The van der Waals surface area contributed by atoms with E-state index in [9.17, 15) is 10.2 Å². The highest BCUT2D eigenvalue weighted by Gasteiger charge is 2.19. The predicted molar refractivity (Wildman–Crippen MR) is 104 cm³/mol. The van der Waals surface area contributed by atoms with Gasteiger partial charge in [0.1, 0.15) is 11.5 Å². The van der Waals surface area contributed by atoms with E-state index in [0.29, 0.717) is 5.56 Å². The largest absolute Gasteiger partial charge is 0.507 e. The van der Waals surface area contributed by atoms with E-state index in [1.54, 1.807) is 0 Å². The molecule has 1 aromatic rings. The van der Waals surface area contributed by atoms with Crippen LogP contribution in [0.2, 0.25) is 0 Å². The minimum Gasteiger partial charge on any atom is -0.507 e. The summed E-state index contributed by atoms with van der Waals surface area (Å²) in [6.45, 7) is 12.4. The van der Waals surface area contributed by atoms with Crippen LogP contribution in [-0.4, -0.2) is 10.2 Å². The van der Waals surface area contributed by atoms with E-state index >= 15 is 0 Å². The van der Waals surface area contributed by atoms with Crippen molar-refractivity contribution in [2.24, 2.45) is 0 Å². The number of aryl methyl sites for hydroxylation is 1. The van der Waals surface area contributed by atoms with Gasteiger partial charge in [0, 0.05) is 11.5 Å². The average Bonchev–Trinajstić information content (AvgIpc) is 2.46. The Hall–Kier alpha value is -1.70. The van der Waals surface area contributed by atoms with Gasteiger partial charge >= 0.3 is 0 Å². The molecule has 0 aromatic heterocycles. The molecular weight excluding hydrogens is 296 g/mol. The molecule has 0 radical (unpaired) electrons. The van der Waals surface area contributed by atoms with Crippen molar-refractivity contribution in [1.29, 1.82) is 0 Å². The first kappa shape index (κ1) is 20.3. The number of aromatic hydroxyl groups is 2. The van der Waals surface area contributed by atoms with Crippen molar-refractivity contribution < 1.29 is 10.2 Å². The third kappa shape index (κ3) is 6.43. The lowest BCUT2D eigenvalue weighted by Gasteiger charge is -2.19. The monoisotopic (exact) mass is 330 g/mol. The van der Waals surface area contributed by atoms with E-state index in [1.807, 2.05) is 19.1 Å². The fourth-order valence-electron chi connectivity index (χ4n) is 3.22. The maximum Gasteiger partial charge on any atom is 0.123 e. The molecule has 0 unspecified atom stereocenters. The molecule has 0 fully saturated rings. The molecule has 134 valence electrons. The second-order valence-corrected chi connectivity index (χ2v) is 7.04. The van der Waals surface area contributed by atoms with Gasteiger partial charge < -0.3 is 10.2 Å². The highest BCUT2D eigenvalue weighted by molar-refractivity contribution is 5.50. The van der Waals surface area contributed by atoms with E-state index < -0.39 is 0 Å². The number of hydrogen-bond donors (Lipinski definition) is 2. The highest BCUT2D eigenvalue weighted by atomic mass is 16.3. The van der Waals surface area contributed by atoms with Crippen LogP contribution in [0.3, 0.4) is 0 Å². The molecule has 1 atom stereocenters. The molecule has 0 aliphatic heterocycles. The quantitative estimate of drug-likeness (QED) is 0.373. The lowest BCUT2D eigenvalue weighted by molar-refractivity contribution is 0.432. The van der Waals surface area contributed by atoms with Crippen LogP contribution in [0, 0.1) is 0 Å². The summed E-state index contributed by atoms with van der Waals surface area (Å²) in [7, 11) is 0. The van der Waals surface area contributed by atoms with Crippen molar-refractivity contribution in [3.05, 3.63) is 47.1 Å². The third-order valence-electron chi connectivity index (χ3n) is 4.33. The zero-order valence-electron chi connectivity index (χ0n) is 15.9. The molecule has 2 N–H and O–H groups in total. The van der Waals surface area contributed by atoms with Gasteiger partial charge in [-0.15, -0.1) is 6.58 Å². The number of hydrogen-bond acceptors (Lipinski definition) is 2. The Labute approximate surface area is 147 Å². The van der Waals surface area contributed by atoms with Gasteiger partial charge in [-0.05, 0) is 57.2 Å². The van der Waals surface area contributed by atoms with Crippen LogP contribution in [0.1, 0.15) is 83.3 Å². The van der Waals surface area contributed by atoms with E-state index in [1.165, 1.54) is 12.0 Å². The highest BCUT2D eigenvalue weighted by Crippen LogP contribution is 2.40. The third-order valence-corrected chi connectivity index (χ3v) is 4.33. The van der Waals surface area contributed by atoms with Gasteiger partial charge in [0.2, 0.25) is 0 Å². The Morgan fingerprint density at radius 3 is 2.21 bits per heavy atom. The number of phenolic OH excluding ortho intramolecular Hbond substituents is 2. The van der Waals surface area contributed by atoms with Crippen molar-refractivity contribution >= 4 is 0 Å². The normalized spacial score (nSPS) is 13.1. The molecule has 0 spiro atoms. The van der Waals surface area contributed by atoms with Crippen LogP contribution < -0.4 is 0 Å². The zero-order chi connectivity index (χ0) is 18.1. The molecule has 0 saturated heterocycles. The molecule has 0 aliphatic carbocycles. The molecule has 0 heterocycles. The van der Waals surface area contributed by atoms with Gasteiger partial charge in [-0.2, -0.15) is 0 Å². The summed E-state index contributed by atoms with van der Waals surface area (Å²) in [5, 5.41) is 21.1. The molecule has 1 rings (SSSR count). The minimum absolute atomic E-state index is 0.0289. The second kappa shape index (κ2) is 10.2. The summed E-state index contributed by atoms with van der Waals surface area (Å²) in [5.74, 6) is 0.375. The van der Waals surface area contributed by atoms with Crippen LogP contribution in [0.25, 0.3) is 0 Å². The fraction of sp³-hybridized carbons (Fsp3) is 0.545. The fourth-order valence-corrected chi connectivity index (χ4v) is 3.22. The molecule has 2 nitrogen and oxygen atoms in total. The van der Waals surface area contributed by atoms with Crippen molar-refractivity contribution in [2.75, 3.05) is 0 Å². The predicted octanol–water partition coefficient (Wildman–Crippen LogP) is 6.63. The van der Waals surface area contributed by atoms with Gasteiger partial charge in [-0.3, -0.25) is 0 Å². The molecule has 24 heavy (non-hydrogen) atoms. The summed E-state index contributed by atoms with van der Waals surface area (Å²) in [6.07, 6.45) is 9.34. The number of allylic oxidation sites excluding steroid dienone is 3. The average molecular weight is 331 g/mol. The molecule has 0 amide bonds.